The molecular weight excluding hydrogens is 328 g/mol. The molecule has 10 heteroatoms. The maximum absolute atomic E-state index is 12.3. The average molecular weight is 350 g/mol. The van der Waals surface area contributed by atoms with Gasteiger partial charge in [-0.25, -0.2) is 9.78 Å². The number of fused-ring (bicyclic) bond motifs is 1. The first-order valence-electron chi connectivity index (χ1n) is 7.87. The van der Waals surface area contributed by atoms with Crippen LogP contribution in [0.25, 0.3) is 10.9 Å². The number of carbonyl (C=O) groups is 1. The SMILES string of the molecule is COc1n[nH]c2cc(NC(=O)N[C@@H]3CN(C)C[C@@H]3OC)nc(CO)c12. The van der Waals surface area contributed by atoms with Gasteiger partial charge in [-0.3, -0.25) is 10.4 Å². The predicted molar refractivity (Wildman–Crippen MR) is 90.6 cm³/mol. The lowest BCUT2D eigenvalue weighted by atomic mass is 10.2. The van der Waals surface area contributed by atoms with Crippen LogP contribution in [0.2, 0.25) is 0 Å². The van der Waals surface area contributed by atoms with Crippen LogP contribution in [-0.4, -0.2) is 77.7 Å². The van der Waals surface area contributed by atoms with Crippen molar-refractivity contribution in [2.75, 3.05) is 39.7 Å². The fourth-order valence-corrected chi connectivity index (χ4v) is 3.08. The van der Waals surface area contributed by atoms with Crippen LogP contribution in [0, 0.1) is 0 Å². The number of amides is 2. The minimum absolute atomic E-state index is 0.0592. The maximum Gasteiger partial charge on any atom is 0.320 e. The minimum Gasteiger partial charge on any atom is -0.479 e. The van der Waals surface area contributed by atoms with Gasteiger partial charge in [-0.1, -0.05) is 0 Å². The Bertz CT molecular complexity index is 764. The van der Waals surface area contributed by atoms with Crippen LogP contribution in [0.1, 0.15) is 5.69 Å². The Kier molecular flexibility index (Phi) is 5.02. The minimum atomic E-state index is -0.385. The number of aliphatic hydroxyl groups excluding tert-OH is 1. The van der Waals surface area contributed by atoms with Crippen molar-refractivity contribution in [3.8, 4) is 5.88 Å². The molecule has 2 aromatic rings. The highest BCUT2D eigenvalue weighted by molar-refractivity contribution is 5.93. The number of nitrogens with zero attached hydrogens (tertiary/aromatic N) is 3. The predicted octanol–water partition coefficient (Wildman–Crippen LogP) is -0.0907. The van der Waals surface area contributed by atoms with Gasteiger partial charge in [-0.05, 0) is 7.05 Å². The number of nitrogens with one attached hydrogen (secondary N) is 3. The molecule has 0 saturated carbocycles. The molecule has 4 N–H and O–H groups in total. The second-order valence-corrected chi connectivity index (χ2v) is 5.97. The molecule has 2 amide bonds. The third kappa shape index (κ3) is 3.50. The van der Waals surface area contributed by atoms with Gasteiger partial charge in [0.1, 0.15) is 5.82 Å². The van der Waals surface area contributed by atoms with Crippen LogP contribution in [0.4, 0.5) is 10.6 Å². The molecule has 1 aliphatic heterocycles. The van der Waals surface area contributed by atoms with E-state index in [9.17, 15) is 9.90 Å². The zero-order valence-corrected chi connectivity index (χ0v) is 14.4. The molecule has 0 radical (unpaired) electrons. The standard InChI is InChI=1S/C15H22N6O4/c1-21-5-9(11(6-21)24-2)17-15(23)18-12-4-8-13(10(7-22)16-12)14(25-3)20-19-8/h4,9,11,22H,5-7H2,1-3H3,(H,19,20)(H2,16,17,18,23)/t9-,11+/m1/s1. The first kappa shape index (κ1) is 17.4. The van der Waals surface area contributed by atoms with Crippen molar-refractivity contribution in [3.05, 3.63) is 11.8 Å². The number of urea groups is 1. The van der Waals surface area contributed by atoms with E-state index in [1.54, 1.807) is 13.2 Å². The number of hydrogen-bond donors (Lipinski definition) is 4. The maximum atomic E-state index is 12.3. The van der Waals surface area contributed by atoms with Crippen LogP contribution in [0.15, 0.2) is 6.07 Å². The van der Waals surface area contributed by atoms with Gasteiger partial charge in [-0.15, -0.1) is 5.10 Å². The number of rotatable bonds is 5. The number of pyridine rings is 1. The number of aliphatic hydroxyl groups is 1. The summed E-state index contributed by atoms with van der Waals surface area (Å²) in [6.45, 7) is 1.16. The fraction of sp³-hybridized carbons (Fsp3) is 0.533. The highest BCUT2D eigenvalue weighted by Crippen LogP contribution is 2.27. The van der Waals surface area contributed by atoms with E-state index in [4.69, 9.17) is 9.47 Å². The molecule has 0 spiro atoms. The number of methoxy groups -OCH3 is 2. The highest BCUT2D eigenvalue weighted by atomic mass is 16.5. The van der Waals surface area contributed by atoms with Crippen LogP contribution in [0.5, 0.6) is 5.88 Å². The highest BCUT2D eigenvalue weighted by Gasteiger charge is 2.32. The van der Waals surface area contributed by atoms with E-state index >= 15 is 0 Å². The van der Waals surface area contributed by atoms with Gasteiger partial charge in [0.15, 0.2) is 0 Å². The van der Waals surface area contributed by atoms with E-state index < -0.39 is 0 Å². The molecule has 0 unspecified atom stereocenters. The van der Waals surface area contributed by atoms with Crippen molar-refractivity contribution < 1.29 is 19.4 Å². The van der Waals surface area contributed by atoms with Crippen molar-refractivity contribution in [1.29, 1.82) is 0 Å². The molecule has 2 atom stereocenters. The third-order valence-corrected chi connectivity index (χ3v) is 4.24. The third-order valence-electron chi connectivity index (χ3n) is 4.24. The number of likely N-dealkylation sites (N-methyl/N-ethyl adjacent to an activating group) is 1. The second-order valence-electron chi connectivity index (χ2n) is 5.97. The first-order chi connectivity index (χ1) is 12.0. The molecule has 0 aliphatic carbocycles. The lowest BCUT2D eigenvalue weighted by Crippen LogP contribution is -2.45. The molecule has 0 aromatic carbocycles. The number of aromatic amines is 1. The summed E-state index contributed by atoms with van der Waals surface area (Å²) in [4.78, 5) is 18.6. The number of hydrogen-bond acceptors (Lipinski definition) is 7. The number of anilines is 1. The Morgan fingerprint density at radius 1 is 1.48 bits per heavy atom. The number of likely N-dealkylation sites (tertiary alicyclic amines) is 1. The molecule has 1 saturated heterocycles. The first-order valence-corrected chi connectivity index (χ1v) is 7.87. The van der Waals surface area contributed by atoms with Crippen LogP contribution in [0.3, 0.4) is 0 Å². The largest absolute Gasteiger partial charge is 0.479 e. The molecule has 3 rings (SSSR count). The van der Waals surface area contributed by atoms with E-state index in [1.165, 1.54) is 7.11 Å². The van der Waals surface area contributed by atoms with Gasteiger partial charge in [0, 0.05) is 26.3 Å². The molecule has 10 nitrogen and oxygen atoms in total. The van der Waals surface area contributed by atoms with Crippen LogP contribution < -0.4 is 15.4 Å². The Morgan fingerprint density at radius 2 is 2.28 bits per heavy atom. The Labute approximate surface area is 144 Å². The summed E-state index contributed by atoms with van der Waals surface area (Å²) in [5.41, 5.74) is 0.982. The van der Waals surface area contributed by atoms with Gasteiger partial charge in [0.05, 0.1) is 42.5 Å². The molecule has 2 aromatic heterocycles. The summed E-state index contributed by atoms with van der Waals surface area (Å²) in [5.74, 6) is 0.653. The van der Waals surface area contributed by atoms with Crippen molar-refractivity contribution in [2.45, 2.75) is 18.8 Å². The molecule has 25 heavy (non-hydrogen) atoms. The summed E-state index contributed by atoms with van der Waals surface area (Å²) in [5, 5.41) is 22.5. The van der Waals surface area contributed by atoms with Gasteiger partial charge < -0.3 is 24.8 Å². The molecule has 1 fully saturated rings. The van der Waals surface area contributed by atoms with Crippen molar-refractivity contribution in [2.24, 2.45) is 0 Å². The lowest BCUT2D eigenvalue weighted by Gasteiger charge is -2.18. The topological polar surface area (TPSA) is 125 Å². The quantitative estimate of drug-likeness (QED) is 0.594. The summed E-state index contributed by atoms with van der Waals surface area (Å²) in [6, 6.07) is 1.14. The van der Waals surface area contributed by atoms with Crippen molar-refractivity contribution in [3.63, 3.8) is 0 Å². The molecular formula is C15H22N6O4. The molecule has 0 bridgehead atoms. The number of ether oxygens (including phenoxy) is 2. The smallest absolute Gasteiger partial charge is 0.320 e. The van der Waals surface area contributed by atoms with Gasteiger partial charge in [0.25, 0.3) is 0 Å². The normalized spacial score (nSPS) is 20.8. The zero-order chi connectivity index (χ0) is 18.0. The zero-order valence-electron chi connectivity index (χ0n) is 14.4. The van der Waals surface area contributed by atoms with Crippen molar-refractivity contribution in [1.82, 2.24) is 25.4 Å². The van der Waals surface area contributed by atoms with E-state index in [2.05, 4.69) is 30.7 Å². The van der Waals surface area contributed by atoms with Crippen LogP contribution >= 0.6 is 0 Å². The van der Waals surface area contributed by atoms with E-state index in [1.807, 2.05) is 7.05 Å². The van der Waals surface area contributed by atoms with Crippen LogP contribution in [-0.2, 0) is 11.3 Å². The summed E-state index contributed by atoms with van der Waals surface area (Å²) in [7, 11) is 5.09. The Balaban J connectivity index is 1.75. The molecule has 1 aliphatic rings. The average Bonchev–Trinajstić information content (AvgIpc) is 3.16. The number of aromatic nitrogens is 3. The fourth-order valence-electron chi connectivity index (χ4n) is 3.08. The molecule has 136 valence electrons. The Morgan fingerprint density at radius 3 is 2.96 bits per heavy atom. The Hall–Kier alpha value is -2.43. The second kappa shape index (κ2) is 7.21. The van der Waals surface area contributed by atoms with Crippen molar-refractivity contribution >= 4 is 22.8 Å². The van der Waals surface area contributed by atoms with E-state index in [0.717, 1.165) is 6.54 Å². The summed E-state index contributed by atoms with van der Waals surface area (Å²) in [6.07, 6.45) is -0.0592. The lowest BCUT2D eigenvalue weighted by molar-refractivity contribution is 0.0940. The summed E-state index contributed by atoms with van der Waals surface area (Å²) >= 11 is 0. The monoisotopic (exact) mass is 350 g/mol. The van der Waals surface area contributed by atoms with E-state index in [0.29, 0.717) is 34.8 Å². The van der Waals surface area contributed by atoms with Gasteiger partial charge in [-0.2, -0.15) is 0 Å². The number of H-pyrrole nitrogens is 1. The number of carbonyl (C=O) groups excluding carboxylic acids is 1. The van der Waals surface area contributed by atoms with E-state index in [-0.39, 0.29) is 24.8 Å². The molecule has 3 heterocycles. The van der Waals surface area contributed by atoms with Gasteiger partial charge in [0.2, 0.25) is 5.88 Å². The van der Waals surface area contributed by atoms with Gasteiger partial charge >= 0.3 is 6.03 Å². The summed E-state index contributed by atoms with van der Waals surface area (Å²) < 4.78 is 10.5.